The van der Waals surface area contributed by atoms with E-state index in [0.717, 1.165) is 32.1 Å². The highest BCUT2D eigenvalue weighted by Crippen LogP contribution is 2.40. The quantitative estimate of drug-likeness (QED) is 0.640. The number of benzene rings is 2. The van der Waals surface area contributed by atoms with E-state index in [1.807, 2.05) is 30.3 Å². The van der Waals surface area contributed by atoms with Crippen LogP contribution >= 0.6 is 11.6 Å². The summed E-state index contributed by atoms with van der Waals surface area (Å²) in [6.07, 6.45) is 4.04. The summed E-state index contributed by atoms with van der Waals surface area (Å²) in [7, 11) is 0. The molecule has 1 N–H and O–H groups in total. The lowest BCUT2D eigenvalue weighted by Crippen LogP contribution is -2.36. The smallest absolute Gasteiger partial charge is 0.418 e. The summed E-state index contributed by atoms with van der Waals surface area (Å²) in [5, 5.41) is 9.90. The lowest BCUT2D eigenvalue weighted by atomic mass is 9.72. The number of amides is 1. The molecule has 1 amide bonds. The van der Waals surface area contributed by atoms with Gasteiger partial charge in [-0.15, -0.1) is 0 Å². The predicted octanol–water partition coefficient (Wildman–Crippen LogP) is 6.04. The first-order valence-corrected chi connectivity index (χ1v) is 9.86. The zero-order valence-corrected chi connectivity index (χ0v) is 16.4. The third kappa shape index (κ3) is 5.04. The molecule has 1 aliphatic carbocycles. The highest BCUT2D eigenvalue weighted by Gasteiger charge is 2.36. The summed E-state index contributed by atoms with van der Waals surface area (Å²) >= 11 is 5.98. The van der Waals surface area contributed by atoms with E-state index in [1.54, 1.807) is 24.3 Å². The number of halogens is 1. The number of para-hydroxylation sites is 1. The molecule has 0 unspecified atom stereocenters. The molecule has 0 saturated heterocycles. The van der Waals surface area contributed by atoms with Gasteiger partial charge in [-0.05, 0) is 49.2 Å². The summed E-state index contributed by atoms with van der Waals surface area (Å²) in [4.78, 5) is 25.9. The van der Waals surface area contributed by atoms with Gasteiger partial charge in [-0.2, -0.15) is 0 Å². The summed E-state index contributed by atoms with van der Waals surface area (Å²) in [6, 6.07) is 16.2. The van der Waals surface area contributed by atoms with Crippen molar-refractivity contribution < 1.29 is 19.4 Å². The molecule has 148 valence electrons. The number of carbonyl (C=O) groups is 2. The average Bonchev–Trinajstić information content (AvgIpc) is 2.69. The highest BCUT2D eigenvalue weighted by atomic mass is 35.5. The molecule has 0 spiro atoms. The maximum absolute atomic E-state index is 13.0. The van der Waals surface area contributed by atoms with Crippen molar-refractivity contribution in [1.29, 1.82) is 0 Å². The number of anilines is 2. The van der Waals surface area contributed by atoms with Gasteiger partial charge < -0.3 is 9.84 Å². The molecule has 0 atom stereocenters. The predicted molar refractivity (Wildman–Crippen MR) is 109 cm³/mol. The molecule has 0 heterocycles. The Hall–Kier alpha value is -2.53. The first kappa shape index (κ1) is 20.2. The van der Waals surface area contributed by atoms with Gasteiger partial charge in [0.05, 0.1) is 24.4 Å². The first-order chi connectivity index (χ1) is 13.5. The van der Waals surface area contributed by atoms with Crippen molar-refractivity contribution in [2.45, 2.75) is 38.5 Å². The number of rotatable bonds is 6. The Morgan fingerprint density at radius 1 is 0.964 bits per heavy atom. The molecule has 1 fully saturated rings. The van der Waals surface area contributed by atoms with E-state index in [-0.39, 0.29) is 13.0 Å². The van der Waals surface area contributed by atoms with Gasteiger partial charge in [0.25, 0.3) is 0 Å². The summed E-state index contributed by atoms with van der Waals surface area (Å²) in [5.74, 6) is -0.851. The molecular formula is C22H24ClNO4. The SMILES string of the molecule is O=C(O)CC1(COC(=O)N(c2ccccc2)c2ccc(Cl)cc2)CCCCC1. The van der Waals surface area contributed by atoms with Crippen molar-refractivity contribution in [1.82, 2.24) is 0 Å². The molecule has 5 nitrogen and oxygen atoms in total. The molecule has 3 rings (SSSR count). The van der Waals surface area contributed by atoms with Crippen LogP contribution in [0.15, 0.2) is 54.6 Å². The fraction of sp³-hybridized carbons (Fsp3) is 0.364. The Labute approximate surface area is 169 Å². The largest absolute Gasteiger partial charge is 0.481 e. The Kier molecular flexibility index (Phi) is 6.57. The van der Waals surface area contributed by atoms with Gasteiger partial charge in [-0.3, -0.25) is 4.79 Å². The van der Waals surface area contributed by atoms with Crippen molar-refractivity contribution in [3.05, 3.63) is 59.6 Å². The molecule has 1 saturated carbocycles. The van der Waals surface area contributed by atoms with Crippen molar-refractivity contribution in [2.24, 2.45) is 5.41 Å². The molecule has 0 aromatic heterocycles. The fourth-order valence-electron chi connectivity index (χ4n) is 3.80. The van der Waals surface area contributed by atoms with Crippen LogP contribution in [0.25, 0.3) is 0 Å². The van der Waals surface area contributed by atoms with Crippen LogP contribution in [0, 0.1) is 5.41 Å². The second-order valence-corrected chi connectivity index (χ2v) is 7.77. The highest BCUT2D eigenvalue weighted by molar-refractivity contribution is 6.30. The van der Waals surface area contributed by atoms with Crippen molar-refractivity contribution in [2.75, 3.05) is 11.5 Å². The minimum Gasteiger partial charge on any atom is -0.481 e. The lowest BCUT2D eigenvalue weighted by molar-refractivity contribution is -0.141. The van der Waals surface area contributed by atoms with E-state index in [4.69, 9.17) is 16.3 Å². The van der Waals surface area contributed by atoms with Gasteiger partial charge >= 0.3 is 12.1 Å². The van der Waals surface area contributed by atoms with E-state index in [9.17, 15) is 14.7 Å². The van der Waals surface area contributed by atoms with Gasteiger partial charge in [-0.25, -0.2) is 9.69 Å². The molecular weight excluding hydrogens is 378 g/mol. The Bertz CT molecular complexity index is 801. The van der Waals surface area contributed by atoms with E-state index >= 15 is 0 Å². The number of hydrogen-bond donors (Lipinski definition) is 1. The Balaban J connectivity index is 1.81. The standard InChI is InChI=1S/C22H24ClNO4/c23-17-9-11-19(12-10-17)24(18-7-3-1-4-8-18)21(27)28-16-22(15-20(25)26)13-5-2-6-14-22/h1,3-4,7-12H,2,5-6,13-16H2,(H,25,26). The van der Waals surface area contributed by atoms with Crippen molar-refractivity contribution in [3.63, 3.8) is 0 Å². The van der Waals surface area contributed by atoms with Gasteiger partial charge in [0.2, 0.25) is 0 Å². The van der Waals surface area contributed by atoms with E-state index in [2.05, 4.69) is 0 Å². The Morgan fingerprint density at radius 2 is 1.57 bits per heavy atom. The van der Waals surface area contributed by atoms with E-state index in [1.165, 1.54) is 4.90 Å². The van der Waals surface area contributed by atoms with Crippen LogP contribution in [0.2, 0.25) is 5.02 Å². The molecule has 28 heavy (non-hydrogen) atoms. The maximum Gasteiger partial charge on any atom is 0.418 e. The van der Waals surface area contributed by atoms with E-state index < -0.39 is 17.5 Å². The third-order valence-electron chi connectivity index (χ3n) is 5.22. The van der Waals surface area contributed by atoms with Crippen LogP contribution in [-0.2, 0) is 9.53 Å². The first-order valence-electron chi connectivity index (χ1n) is 9.48. The summed E-state index contributed by atoms with van der Waals surface area (Å²) in [6.45, 7) is 0.106. The number of aliphatic carboxylic acids is 1. The fourth-order valence-corrected chi connectivity index (χ4v) is 3.93. The Morgan fingerprint density at radius 3 is 2.18 bits per heavy atom. The van der Waals surface area contributed by atoms with E-state index in [0.29, 0.717) is 16.4 Å². The van der Waals surface area contributed by atoms with Crippen LogP contribution < -0.4 is 4.90 Å². The normalized spacial score (nSPS) is 15.6. The topological polar surface area (TPSA) is 66.8 Å². The molecule has 2 aromatic carbocycles. The second-order valence-electron chi connectivity index (χ2n) is 7.33. The van der Waals surface area contributed by atoms with Crippen LogP contribution in [0.5, 0.6) is 0 Å². The van der Waals surface area contributed by atoms with Crippen LogP contribution in [0.4, 0.5) is 16.2 Å². The van der Waals surface area contributed by atoms with Gasteiger partial charge in [-0.1, -0.05) is 49.1 Å². The number of ether oxygens (including phenoxy) is 1. The minimum atomic E-state index is -0.851. The number of carboxylic acids is 1. The lowest BCUT2D eigenvalue weighted by Gasteiger charge is -2.36. The second kappa shape index (κ2) is 9.11. The zero-order valence-electron chi connectivity index (χ0n) is 15.6. The molecule has 0 aliphatic heterocycles. The minimum absolute atomic E-state index is 0.0204. The summed E-state index contributed by atoms with van der Waals surface area (Å²) < 4.78 is 5.68. The van der Waals surface area contributed by atoms with Crippen LogP contribution in [-0.4, -0.2) is 23.8 Å². The molecule has 0 radical (unpaired) electrons. The summed E-state index contributed by atoms with van der Waals surface area (Å²) in [5.41, 5.74) is 0.824. The molecule has 1 aliphatic rings. The van der Waals surface area contributed by atoms with Gasteiger partial charge in [0.15, 0.2) is 0 Å². The van der Waals surface area contributed by atoms with Gasteiger partial charge in [0, 0.05) is 10.4 Å². The number of nitrogens with zero attached hydrogens (tertiary/aromatic N) is 1. The zero-order chi connectivity index (χ0) is 20.0. The van der Waals surface area contributed by atoms with Gasteiger partial charge in [0.1, 0.15) is 0 Å². The van der Waals surface area contributed by atoms with Crippen LogP contribution in [0.3, 0.4) is 0 Å². The monoisotopic (exact) mass is 401 g/mol. The average molecular weight is 402 g/mol. The molecule has 0 bridgehead atoms. The molecule has 6 heteroatoms. The number of carboxylic acid groups (broad SMARTS) is 1. The third-order valence-corrected chi connectivity index (χ3v) is 5.48. The number of hydrogen-bond acceptors (Lipinski definition) is 3. The number of carbonyl (C=O) groups excluding carboxylic acids is 1. The maximum atomic E-state index is 13.0. The van der Waals surface area contributed by atoms with Crippen molar-refractivity contribution in [3.8, 4) is 0 Å². The van der Waals surface area contributed by atoms with Crippen LogP contribution in [0.1, 0.15) is 38.5 Å². The molecule has 2 aromatic rings. The van der Waals surface area contributed by atoms with Crippen molar-refractivity contribution >= 4 is 35.0 Å².